The van der Waals surface area contributed by atoms with E-state index >= 15 is 0 Å². The molecule has 1 atom stereocenters. The molecule has 0 heterocycles. The number of aliphatic hydroxyl groups is 1. The molecule has 1 aromatic rings. The third kappa shape index (κ3) is 10.6. The van der Waals surface area contributed by atoms with Crippen molar-refractivity contribution >= 4 is 0 Å². The van der Waals surface area contributed by atoms with Gasteiger partial charge in [-0.15, -0.1) is 0 Å². The molecule has 0 saturated heterocycles. The second kappa shape index (κ2) is 15.5. The van der Waals surface area contributed by atoms with Crippen LogP contribution in [0.15, 0.2) is 41.5 Å². The van der Waals surface area contributed by atoms with Crippen LogP contribution in [0.5, 0.6) is 5.75 Å². The molecule has 0 aliphatic heterocycles. The summed E-state index contributed by atoms with van der Waals surface area (Å²) in [4.78, 5) is 0. The number of ether oxygens (including phenoxy) is 1. The molecule has 2 rings (SSSR count). The molecule has 0 fully saturated rings. The Bertz CT molecular complexity index is 631. The van der Waals surface area contributed by atoms with Crippen LogP contribution in [0.3, 0.4) is 0 Å². The monoisotopic (exact) mass is 442 g/mol. The van der Waals surface area contributed by atoms with Gasteiger partial charge in [0.05, 0.1) is 12.7 Å². The maximum Gasteiger partial charge on any atom is 0.119 e. The molecule has 0 bridgehead atoms. The molecule has 0 saturated carbocycles. The van der Waals surface area contributed by atoms with Gasteiger partial charge in [-0.05, 0) is 62.1 Å². The SMILES string of the molecule is CC1=C(CCCCCCCCCCCCCCCOc2ccccc2)C(C)(C)CCC1O. The topological polar surface area (TPSA) is 29.5 Å². The number of para-hydroxylation sites is 1. The lowest BCUT2D eigenvalue weighted by atomic mass is 9.70. The number of benzene rings is 1. The molecular formula is C30H50O2. The van der Waals surface area contributed by atoms with Crippen molar-refractivity contribution in [1.29, 1.82) is 0 Å². The summed E-state index contributed by atoms with van der Waals surface area (Å²) in [7, 11) is 0. The summed E-state index contributed by atoms with van der Waals surface area (Å²) in [5, 5.41) is 10.2. The van der Waals surface area contributed by atoms with E-state index in [1.807, 2.05) is 30.3 Å². The Labute approximate surface area is 198 Å². The lowest BCUT2D eigenvalue weighted by Gasteiger charge is -2.37. The van der Waals surface area contributed by atoms with Gasteiger partial charge in [0.2, 0.25) is 0 Å². The Morgan fingerprint density at radius 2 is 1.28 bits per heavy atom. The van der Waals surface area contributed by atoms with Crippen molar-refractivity contribution in [2.24, 2.45) is 5.41 Å². The van der Waals surface area contributed by atoms with E-state index < -0.39 is 0 Å². The quantitative estimate of drug-likeness (QED) is 0.193. The summed E-state index contributed by atoms with van der Waals surface area (Å²) in [6.45, 7) is 7.72. The first-order valence-electron chi connectivity index (χ1n) is 13.6. The first-order chi connectivity index (χ1) is 15.5. The fourth-order valence-electron chi connectivity index (χ4n) is 5.19. The highest BCUT2D eigenvalue weighted by Gasteiger charge is 2.31. The minimum atomic E-state index is -0.188. The fourth-order valence-corrected chi connectivity index (χ4v) is 5.19. The van der Waals surface area contributed by atoms with Crippen LogP contribution in [0.2, 0.25) is 0 Å². The fraction of sp³-hybridized carbons (Fsp3) is 0.733. The summed E-state index contributed by atoms with van der Waals surface area (Å²) in [6, 6.07) is 10.1. The van der Waals surface area contributed by atoms with E-state index in [0.29, 0.717) is 5.41 Å². The van der Waals surface area contributed by atoms with E-state index in [2.05, 4.69) is 20.8 Å². The molecule has 32 heavy (non-hydrogen) atoms. The highest BCUT2D eigenvalue weighted by molar-refractivity contribution is 5.25. The summed E-state index contributed by atoms with van der Waals surface area (Å²) in [5.41, 5.74) is 3.10. The lowest BCUT2D eigenvalue weighted by molar-refractivity contribution is 0.158. The van der Waals surface area contributed by atoms with Crippen molar-refractivity contribution in [2.45, 2.75) is 130 Å². The van der Waals surface area contributed by atoms with Crippen LogP contribution in [0, 0.1) is 5.41 Å². The van der Waals surface area contributed by atoms with Crippen LogP contribution >= 0.6 is 0 Å². The van der Waals surface area contributed by atoms with Crippen molar-refractivity contribution in [2.75, 3.05) is 6.61 Å². The number of aliphatic hydroxyl groups excluding tert-OH is 1. The van der Waals surface area contributed by atoms with Crippen LogP contribution in [0.1, 0.15) is 124 Å². The molecular weight excluding hydrogens is 392 g/mol. The molecule has 182 valence electrons. The zero-order valence-electron chi connectivity index (χ0n) is 21.3. The smallest absolute Gasteiger partial charge is 0.119 e. The third-order valence-corrected chi connectivity index (χ3v) is 7.42. The van der Waals surface area contributed by atoms with Crippen LogP contribution in [0.4, 0.5) is 0 Å². The van der Waals surface area contributed by atoms with Gasteiger partial charge < -0.3 is 9.84 Å². The van der Waals surface area contributed by atoms with Gasteiger partial charge in [0.15, 0.2) is 0 Å². The maximum atomic E-state index is 10.2. The van der Waals surface area contributed by atoms with Gasteiger partial charge in [-0.3, -0.25) is 0 Å². The summed E-state index contributed by atoms with van der Waals surface area (Å²) in [5.74, 6) is 0.994. The molecule has 1 aromatic carbocycles. The van der Waals surface area contributed by atoms with E-state index in [9.17, 15) is 5.11 Å². The van der Waals surface area contributed by atoms with Gasteiger partial charge in [0.25, 0.3) is 0 Å². The Morgan fingerprint density at radius 1 is 0.781 bits per heavy atom. The Hall–Kier alpha value is -1.28. The summed E-state index contributed by atoms with van der Waals surface area (Å²) in [6.07, 6.45) is 20.7. The van der Waals surface area contributed by atoms with Gasteiger partial charge in [-0.1, -0.05) is 108 Å². The summed E-state index contributed by atoms with van der Waals surface area (Å²) >= 11 is 0. The average Bonchev–Trinajstić information content (AvgIpc) is 2.79. The third-order valence-electron chi connectivity index (χ3n) is 7.42. The molecule has 1 aliphatic rings. The van der Waals surface area contributed by atoms with Crippen LogP contribution in [-0.4, -0.2) is 17.8 Å². The van der Waals surface area contributed by atoms with Crippen molar-refractivity contribution in [3.8, 4) is 5.75 Å². The molecule has 1 aliphatic carbocycles. The number of rotatable bonds is 17. The van der Waals surface area contributed by atoms with Gasteiger partial charge in [-0.2, -0.15) is 0 Å². The second-order valence-corrected chi connectivity index (χ2v) is 10.6. The molecule has 0 spiro atoms. The minimum absolute atomic E-state index is 0.188. The van der Waals surface area contributed by atoms with Crippen LogP contribution in [-0.2, 0) is 0 Å². The summed E-state index contributed by atoms with van der Waals surface area (Å²) < 4.78 is 5.75. The van der Waals surface area contributed by atoms with Gasteiger partial charge in [-0.25, -0.2) is 0 Å². The molecule has 0 radical (unpaired) electrons. The van der Waals surface area contributed by atoms with E-state index in [4.69, 9.17) is 4.74 Å². The van der Waals surface area contributed by atoms with E-state index in [1.54, 1.807) is 5.57 Å². The lowest BCUT2D eigenvalue weighted by Crippen LogP contribution is -2.28. The molecule has 2 heteroatoms. The van der Waals surface area contributed by atoms with E-state index in [1.165, 1.54) is 95.5 Å². The maximum absolute atomic E-state index is 10.2. The molecule has 0 amide bonds. The van der Waals surface area contributed by atoms with Gasteiger partial charge in [0.1, 0.15) is 5.75 Å². The highest BCUT2D eigenvalue weighted by Crippen LogP contribution is 2.42. The van der Waals surface area contributed by atoms with Crippen LogP contribution < -0.4 is 4.74 Å². The predicted octanol–water partition coefficient (Wildman–Crippen LogP) is 9.02. The van der Waals surface area contributed by atoms with Crippen molar-refractivity contribution in [3.63, 3.8) is 0 Å². The van der Waals surface area contributed by atoms with E-state index in [0.717, 1.165) is 25.2 Å². The average molecular weight is 443 g/mol. The molecule has 1 N–H and O–H groups in total. The largest absolute Gasteiger partial charge is 0.494 e. The number of unbranched alkanes of at least 4 members (excludes halogenated alkanes) is 12. The van der Waals surface area contributed by atoms with Gasteiger partial charge in [0, 0.05) is 0 Å². The Kier molecular flexibility index (Phi) is 13.1. The van der Waals surface area contributed by atoms with E-state index in [-0.39, 0.29) is 6.10 Å². The number of allylic oxidation sites excluding steroid dienone is 1. The number of hydrogen-bond donors (Lipinski definition) is 1. The normalized spacial score (nSPS) is 18.2. The second-order valence-electron chi connectivity index (χ2n) is 10.6. The standard InChI is InChI=1S/C30H50O2/c1-26-28(30(2,3)24-23-29(26)31)22-18-13-11-9-7-5-4-6-8-10-12-14-19-25-32-27-20-16-15-17-21-27/h15-17,20-21,29,31H,4-14,18-19,22-25H2,1-3H3. The molecule has 0 aromatic heterocycles. The zero-order valence-corrected chi connectivity index (χ0v) is 21.3. The zero-order chi connectivity index (χ0) is 23.1. The Morgan fingerprint density at radius 3 is 1.84 bits per heavy atom. The highest BCUT2D eigenvalue weighted by atomic mass is 16.5. The number of hydrogen-bond acceptors (Lipinski definition) is 2. The first-order valence-corrected chi connectivity index (χ1v) is 13.6. The van der Waals surface area contributed by atoms with Crippen molar-refractivity contribution in [3.05, 3.63) is 41.5 Å². The molecule has 2 nitrogen and oxygen atoms in total. The minimum Gasteiger partial charge on any atom is -0.494 e. The van der Waals surface area contributed by atoms with Crippen LogP contribution in [0.25, 0.3) is 0 Å². The molecule has 1 unspecified atom stereocenters. The first kappa shape index (κ1) is 27.0. The Balaban J connectivity index is 1.34. The van der Waals surface area contributed by atoms with Gasteiger partial charge >= 0.3 is 0 Å². The predicted molar refractivity (Wildman–Crippen MR) is 138 cm³/mol. The van der Waals surface area contributed by atoms with Crippen molar-refractivity contribution < 1.29 is 9.84 Å². The van der Waals surface area contributed by atoms with Crippen molar-refractivity contribution in [1.82, 2.24) is 0 Å².